The lowest BCUT2D eigenvalue weighted by Crippen LogP contribution is -2.59. The Labute approximate surface area is 216 Å². The van der Waals surface area contributed by atoms with Crippen molar-refractivity contribution in [2.45, 2.75) is 83.0 Å². The van der Waals surface area contributed by atoms with E-state index in [1.54, 1.807) is 13.8 Å². The van der Waals surface area contributed by atoms with Crippen molar-refractivity contribution >= 4 is 35.6 Å². The van der Waals surface area contributed by atoms with Gasteiger partial charge in [0.1, 0.15) is 18.1 Å². The fourth-order valence-corrected chi connectivity index (χ4v) is 3.32. The summed E-state index contributed by atoms with van der Waals surface area (Å²) in [5.41, 5.74) is 21.6. The Morgan fingerprint density at radius 3 is 1.97 bits per heavy atom. The molecule has 0 unspecified atom stereocenters. The van der Waals surface area contributed by atoms with E-state index in [4.69, 9.17) is 22.9 Å². The van der Waals surface area contributed by atoms with Gasteiger partial charge in [0.05, 0.1) is 12.5 Å². The van der Waals surface area contributed by atoms with Gasteiger partial charge < -0.3 is 49.3 Å². The summed E-state index contributed by atoms with van der Waals surface area (Å²) in [5.74, 6) is -4.91. The molecular weight excluding hydrogens is 488 g/mol. The summed E-state index contributed by atoms with van der Waals surface area (Å²) < 4.78 is 0. The average molecular weight is 531 g/mol. The van der Waals surface area contributed by atoms with E-state index in [1.165, 1.54) is 0 Å². The minimum atomic E-state index is -1.49. The smallest absolute Gasteiger partial charge is 0.312 e. The van der Waals surface area contributed by atoms with Gasteiger partial charge in [-0.15, -0.1) is 0 Å². The molecule has 0 heterocycles. The SMILES string of the molecule is CC[C@H](C)[C@H](NC(=O)[C@H](CC(=O)O)NC(=O)[C@@H](N)CCCCN)C(=O)N[C@@H](CCCNC(N)=O)C(N)=O. The number of hydrogen-bond acceptors (Lipinski definition) is 8. The number of hydrogen-bond donors (Lipinski definition) is 9. The molecule has 15 nitrogen and oxygen atoms in total. The number of urea groups is 1. The van der Waals surface area contributed by atoms with Gasteiger partial charge >= 0.3 is 12.0 Å². The van der Waals surface area contributed by atoms with Crippen molar-refractivity contribution in [3.8, 4) is 0 Å². The van der Waals surface area contributed by atoms with E-state index in [-0.39, 0.29) is 19.4 Å². The van der Waals surface area contributed by atoms with E-state index in [0.29, 0.717) is 32.2 Å². The van der Waals surface area contributed by atoms with Crippen LogP contribution in [0.3, 0.4) is 0 Å². The average Bonchev–Trinajstić information content (AvgIpc) is 2.82. The van der Waals surface area contributed by atoms with Crippen molar-refractivity contribution in [2.24, 2.45) is 28.9 Å². The van der Waals surface area contributed by atoms with Gasteiger partial charge in [0.15, 0.2) is 0 Å². The molecule has 0 rings (SSSR count). The molecule has 0 bridgehead atoms. The van der Waals surface area contributed by atoms with Crippen LogP contribution in [0, 0.1) is 5.92 Å². The zero-order valence-corrected chi connectivity index (χ0v) is 21.5. The maximum Gasteiger partial charge on any atom is 0.312 e. The van der Waals surface area contributed by atoms with Crippen LogP contribution >= 0.6 is 0 Å². The maximum atomic E-state index is 13.0. The largest absolute Gasteiger partial charge is 0.481 e. The van der Waals surface area contributed by atoms with Gasteiger partial charge in [-0.2, -0.15) is 0 Å². The van der Waals surface area contributed by atoms with Crippen LogP contribution in [0.5, 0.6) is 0 Å². The van der Waals surface area contributed by atoms with Gasteiger partial charge in [0, 0.05) is 6.54 Å². The molecule has 0 aliphatic heterocycles. The van der Waals surface area contributed by atoms with Crippen molar-refractivity contribution in [1.29, 1.82) is 0 Å². The number of unbranched alkanes of at least 4 members (excludes halogenated alkanes) is 1. The fourth-order valence-electron chi connectivity index (χ4n) is 3.32. The molecule has 0 aliphatic carbocycles. The van der Waals surface area contributed by atoms with Gasteiger partial charge in [-0.1, -0.05) is 26.7 Å². The highest BCUT2D eigenvalue weighted by atomic mass is 16.4. The predicted octanol–water partition coefficient (Wildman–Crippen LogP) is -2.65. The van der Waals surface area contributed by atoms with Crippen molar-refractivity contribution in [2.75, 3.05) is 13.1 Å². The second-order valence-electron chi connectivity index (χ2n) is 8.82. The highest BCUT2D eigenvalue weighted by Crippen LogP contribution is 2.10. The van der Waals surface area contributed by atoms with Crippen LogP contribution in [-0.2, 0) is 24.0 Å². The topological polar surface area (TPSA) is 275 Å². The van der Waals surface area contributed by atoms with Crippen LogP contribution in [0.25, 0.3) is 0 Å². The van der Waals surface area contributed by atoms with E-state index < -0.39 is 72.1 Å². The molecule has 0 aliphatic rings. The van der Waals surface area contributed by atoms with E-state index in [1.807, 2.05) is 0 Å². The second-order valence-corrected chi connectivity index (χ2v) is 8.82. The number of aliphatic carboxylic acids is 1. The molecule has 0 spiro atoms. The fraction of sp³-hybridized carbons (Fsp3) is 0.727. The molecule has 5 atom stereocenters. The van der Waals surface area contributed by atoms with Gasteiger partial charge in [-0.05, 0) is 38.1 Å². The van der Waals surface area contributed by atoms with Crippen molar-refractivity contribution in [3.05, 3.63) is 0 Å². The van der Waals surface area contributed by atoms with Crippen LogP contribution in [0.4, 0.5) is 4.79 Å². The lowest BCUT2D eigenvalue weighted by molar-refractivity contribution is -0.141. The first kappa shape index (κ1) is 33.5. The number of carboxylic acids is 1. The minimum absolute atomic E-state index is 0.0995. The highest BCUT2D eigenvalue weighted by molar-refractivity contribution is 5.96. The summed E-state index contributed by atoms with van der Waals surface area (Å²) in [6.07, 6.45) is 1.63. The van der Waals surface area contributed by atoms with Crippen LogP contribution < -0.4 is 44.2 Å². The Balaban J connectivity index is 5.44. The van der Waals surface area contributed by atoms with Gasteiger partial charge in [0.25, 0.3) is 0 Å². The van der Waals surface area contributed by atoms with Crippen molar-refractivity contribution in [3.63, 3.8) is 0 Å². The Kier molecular flexibility index (Phi) is 16.2. The molecule has 0 radical (unpaired) electrons. The van der Waals surface area contributed by atoms with Crippen LogP contribution in [0.1, 0.15) is 58.8 Å². The third kappa shape index (κ3) is 14.0. The summed E-state index contributed by atoms with van der Waals surface area (Å²) in [6, 6.07) is -5.44. The molecule has 0 aromatic carbocycles. The molecule has 212 valence electrons. The molecule has 0 saturated heterocycles. The number of carbonyl (C=O) groups excluding carboxylic acids is 5. The van der Waals surface area contributed by atoms with Crippen molar-refractivity contribution in [1.82, 2.24) is 21.3 Å². The zero-order chi connectivity index (χ0) is 28.5. The molecule has 6 amide bonds. The lowest BCUT2D eigenvalue weighted by Gasteiger charge is -2.28. The third-order valence-electron chi connectivity index (χ3n) is 5.74. The number of amides is 6. The predicted molar refractivity (Wildman–Crippen MR) is 134 cm³/mol. The van der Waals surface area contributed by atoms with Crippen molar-refractivity contribution < 1.29 is 33.9 Å². The normalized spacial score (nSPS) is 14.8. The molecule has 0 fully saturated rings. The summed E-state index contributed by atoms with van der Waals surface area (Å²) in [4.78, 5) is 72.3. The summed E-state index contributed by atoms with van der Waals surface area (Å²) in [6.45, 7) is 4.04. The molecule has 0 saturated carbocycles. The summed E-state index contributed by atoms with van der Waals surface area (Å²) in [5, 5.41) is 18.9. The number of nitrogens with one attached hydrogen (secondary N) is 4. The molecule has 0 aromatic heterocycles. The van der Waals surface area contributed by atoms with Crippen LogP contribution in [0.15, 0.2) is 0 Å². The highest BCUT2D eigenvalue weighted by Gasteiger charge is 2.33. The standard InChI is InChI=1S/C22H42N8O7/c1-3-12(2)17(21(36)28-14(18(25)33)8-6-10-27-22(26)37)30-20(35)15(11-16(31)32)29-19(34)13(24)7-4-5-9-23/h12-15,17H,3-11,23-24H2,1-2H3,(H2,25,33)(H,28,36)(H,29,34)(H,30,35)(H,31,32)(H3,26,27,37)/t12-,13-,14-,15-,17-/m0/s1. The first-order valence-corrected chi connectivity index (χ1v) is 12.2. The minimum Gasteiger partial charge on any atom is -0.481 e. The molecule has 15 heteroatoms. The summed E-state index contributed by atoms with van der Waals surface area (Å²) in [7, 11) is 0. The maximum absolute atomic E-state index is 13.0. The van der Waals surface area contributed by atoms with Gasteiger partial charge in [-0.25, -0.2) is 4.79 Å². The van der Waals surface area contributed by atoms with Gasteiger partial charge in [-0.3, -0.25) is 24.0 Å². The Hall–Kier alpha value is -3.46. The Morgan fingerprint density at radius 2 is 1.46 bits per heavy atom. The molecule has 0 aromatic rings. The monoisotopic (exact) mass is 530 g/mol. The number of carboxylic acid groups (broad SMARTS) is 1. The summed E-state index contributed by atoms with van der Waals surface area (Å²) >= 11 is 0. The number of carbonyl (C=O) groups is 6. The number of primary amides is 2. The molecular formula is C22H42N8O7. The first-order valence-electron chi connectivity index (χ1n) is 12.2. The molecule has 37 heavy (non-hydrogen) atoms. The molecule has 13 N–H and O–H groups in total. The van der Waals surface area contributed by atoms with E-state index in [2.05, 4.69) is 21.3 Å². The van der Waals surface area contributed by atoms with E-state index in [9.17, 15) is 33.9 Å². The van der Waals surface area contributed by atoms with E-state index >= 15 is 0 Å². The van der Waals surface area contributed by atoms with E-state index in [0.717, 1.165) is 0 Å². The zero-order valence-electron chi connectivity index (χ0n) is 21.5. The number of nitrogens with two attached hydrogens (primary N) is 4. The third-order valence-corrected chi connectivity index (χ3v) is 5.74. The Morgan fingerprint density at radius 1 is 0.838 bits per heavy atom. The second kappa shape index (κ2) is 17.9. The lowest BCUT2D eigenvalue weighted by atomic mass is 9.97. The Bertz CT molecular complexity index is 795. The van der Waals surface area contributed by atoms with Gasteiger partial charge in [0.2, 0.25) is 23.6 Å². The van der Waals surface area contributed by atoms with Crippen LogP contribution in [0.2, 0.25) is 0 Å². The van der Waals surface area contributed by atoms with Crippen LogP contribution in [-0.4, -0.2) is 78.0 Å². The first-order chi connectivity index (χ1) is 17.3. The quantitative estimate of drug-likeness (QED) is 0.0787. The number of rotatable bonds is 19.